The molecular formula is C21H21ClN2O4. The summed E-state index contributed by atoms with van der Waals surface area (Å²) in [5.74, 6) is 0.919. The van der Waals surface area contributed by atoms with Gasteiger partial charge in [-0.15, -0.1) is 0 Å². The third-order valence-corrected chi connectivity index (χ3v) is 4.70. The van der Waals surface area contributed by atoms with Gasteiger partial charge in [-0.3, -0.25) is 9.59 Å². The van der Waals surface area contributed by atoms with E-state index in [0.29, 0.717) is 23.1 Å². The zero-order chi connectivity index (χ0) is 20.1. The molecule has 0 unspecified atom stereocenters. The van der Waals surface area contributed by atoms with Crippen molar-refractivity contribution in [2.45, 2.75) is 12.5 Å². The molecule has 0 radical (unpaired) electrons. The molecular weight excluding hydrogens is 380 g/mol. The highest BCUT2D eigenvalue weighted by Gasteiger charge is 2.31. The maximum atomic E-state index is 12.3. The lowest BCUT2D eigenvalue weighted by Crippen LogP contribution is -2.36. The minimum absolute atomic E-state index is 0.0310. The summed E-state index contributed by atoms with van der Waals surface area (Å²) in [5, 5.41) is 3.48. The van der Waals surface area contributed by atoms with Gasteiger partial charge in [0.05, 0.1) is 20.3 Å². The summed E-state index contributed by atoms with van der Waals surface area (Å²) in [4.78, 5) is 26.2. The quantitative estimate of drug-likeness (QED) is 0.755. The SMILES string of the molecule is COc1ccc(/C=C\C(=O)N[C@@H]2CC(=O)N(c3ccc(Cl)cc3)C2)cc1OC. The van der Waals surface area contributed by atoms with Crippen LogP contribution in [-0.4, -0.2) is 38.6 Å². The molecule has 3 rings (SSSR count). The van der Waals surface area contributed by atoms with Crippen molar-refractivity contribution in [2.75, 3.05) is 25.7 Å². The first-order valence-electron chi connectivity index (χ1n) is 8.76. The molecule has 2 amide bonds. The Hall–Kier alpha value is -2.99. The van der Waals surface area contributed by atoms with Crippen LogP contribution < -0.4 is 19.7 Å². The minimum atomic E-state index is -0.259. The zero-order valence-electron chi connectivity index (χ0n) is 15.6. The summed E-state index contributed by atoms with van der Waals surface area (Å²) in [7, 11) is 3.12. The number of hydrogen-bond acceptors (Lipinski definition) is 4. The molecule has 0 aliphatic carbocycles. The van der Waals surface area contributed by atoms with Crippen molar-refractivity contribution in [3.8, 4) is 11.5 Å². The van der Waals surface area contributed by atoms with Crippen LogP contribution in [0.1, 0.15) is 12.0 Å². The van der Waals surface area contributed by atoms with E-state index in [-0.39, 0.29) is 24.3 Å². The van der Waals surface area contributed by atoms with Gasteiger partial charge < -0.3 is 19.7 Å². The van der Waals surface area contributed by atoms with Crippen molar-refractivity contribution in [2.24, 2.45) is 0 Å². The largest absolute Gasteiger partial charge is 0.493 e. The fourth-order valence-electron chi connectivity index (χ4n) is 3.05. The van der Waals surface area contributed by atoms with Crippen LogP contribution in [0.25, 0.3) is 6.08 Å². The number of benzene rings is 2. The first-order chi connectivity index (χ1) is 13.5. The van der Waals surface area contributed by atoms with E-state index in [2.05, 4.69) is 5.32 Å². The van der Waals surface area contributed by atoms with Crippen LogP contribution in [-0.2, 0) is 9.59 Å². The number of nitrogens with zero attached hydrogens (tertiary/aromatic N) is 1. The molecule has 1 N–H and O–H groups in total. The smallest absolute Gasteiger partial charge is 0.244 e. The molecule has 2 aromatic rings. The Labute approximate surface area is 168 Å². The lowest BCUT2D eigenvalue weighted by molar-refractivity contribution is -0.117. The van der Waals surface area contributed by atoms with Crippen LogP contribution in [0.5, 0.6) is 11.5 Å². The van der Waals surface area contributed by atoms with Gasteiger partial charge in [0.25, 0.3) is 0 Å². The molecule has 28 heavy (non-hydrogen) atoms. The van der Waals surface area contributed by atoms with Gasteiger partial charge in [0.2, 0.25) is 11.8 Å². The van der Waals surface area contributed by atoms with Crippen LogP contribution in [0.2, 0.25) is 5.02 Å². The molecule has 1 saturated heterocycles. The number of rotatable bonds is 6. The van der Waals surface area contributed by atoms with E-state index in [0.717, 1.165) is 11.3 Å². The molecule has 1 aliphatic rings. The number of nitrogens with one attached hydrogen (secondary N) is 1. The first-order valence-corrected chi connectivity index (χ1v) is 9.14. The number of carbonyl (C=O) groups excluding carboxylic acids is 2. The van der Waals surface area contributed by atoms with Crippen LogP contribution in [0.4, 0.5) is 5.69 Å². The van der Waals surface area contributed by atoms with Crippen molar-refractivity contribution in [3.05, 3.63) is 59.1 Å². The Bertz CT molecular complexity index is 896. The maximum absolute atomic E-state index is 12.3. The van der Waals surface area contributed by atoms with Gasteiger partial charge in [0.15, 0.2) is 11.5 Å². The fraction of sp³-hybridized carbons (Fsp3) is 0.238. The van der Waals surface area contributed by atoms with Gasteiger partial charge in [-0.1, -0.05) is 17.7 Å². The number of carbonyl (C=O) groups is 2. The molecule has 0 spiro atoms. The summed E-state index contributed by atoms with van der Waals surface area (Å²) in [6, 6.07) is 12.2. The molecule has 1 fully saturated rings. The standard InChI is InChI=1S/C21H21ClN2O4/c1-27-18-9-3-14(11-19(18)28-2)4-10-20(25)23-16-12-21(26)24(13-16)17-7-5-15(22)6-8-17/h3-11,16H,12-13H2,1-2H3,(H,23,25)/b10-4-/t16-/m1/s1. The lowest BCUT2D eigenvalue weighted by Gasteiger charge is -2.17. The molecule has 1 atom stereocenters. The molecule has 0 aromatic heterocycles. The number of amides is 2. The second-order valence-corrected chi connectivity index (χ2v) is 6.77. The Morgan fingerprint density at radius 1 is 1.14 bits per heavy atom. The predicted molar refractivity (Wildman–Crippen MR) is 109 cm³/mol. The van der Waals surface area contributed by atoms with Crippen LogP contribution in [0.3, 0.4) is 0 Å². The van der Waals surface area contributed by atoms with Gasteiger partial charge in [0, 0.05) is 29.8 Å². The van der Waals surface area contributed by atoms with E-state index < -0.39 is 0 Å². The van der Waals surface area contributed by atoms with Crippen molar-refractivity contribution in [3.63, 3.8) is 0 Å². The van der Waals surface area contributed by atoms with Crippen LogP contribution in [0.15, 0.2) is 48.5 Å². The maximum Gasteiger partial charge on any atom is 0.244 e. The van der Waals surface area contributed by atoms with E-state index in [1.807, 2.05) is 6.07 Å². The highest BCUT2D eigenvalue weighted by atomic mass is 35.5. The minimum Gasteiger partial charge on any atom is -0.493 e. The first kappa shape index (κ1) is 19.8. The molecule has 2 aromatic carbocycles. The number of hydrogen-bond donors (Lipinski definition) is 1. The summed E-state index contributed by atoms with van der Waals surface area (Å²) < 4.78 is 10.4. The normalized spacial score (nSPS) is 16.5. The topological polar surface area (TPSA) is 67.9 Å². The number of methoxy groups -OCH3 is 2. The Morgan fingerprint density at radius 3 is 2.54 bits per heavy atom. The second kappa shape index (κ2) is 8.80. The van der Waals surface area contributed by atoms with Gasteiger partial charge >= 0.3 is 0 Å². The van der Waals surface area contributed by atoms with Crippen molar-refractivity contribution in [1.29, 1.82) is 0 Å². The number of ether oxygens (including phenoxy) is 2. The predicted octanol–water partition coefficient (Wildman–Crippen LogP) is 3.29. The van der Waals surface area contributed by atoms with Crippen LogP contribution in [0, 0.1) is 0 Å². The van der Waals surface area contributed by atoms with Gasteiger partial charge in [0.1, 0.15) is 0 Å². The Kier molecular flexibility index (Phi) is 6.21. The average Bonchev–Trinajstić information content (AvgIpc) is 3.06. The van der Waals surface area contributed by atoms with Crippen LogP contribution >= 0.6 is 11.6 Å². The van der Waals surface area contributed by atoms with Crippen molar-refractivity contribution >= 4 is 35.2 Å². The van der Waals surface area contributed by atoms with E-state index in [9.17, 15) is 9.59 Å². The Morgan fingerprint density at radius 2 is 1.86 bits per heavy atom. The molecule has 0 bridgehead atoms. The van der Waals surface area contributed by atoms with E-state index >= 15 is 0 Å². The summed E-state index contributed by atoms with van der Waals surface area (Å²) in [5.41, 5.74) is 1.57. The third kappa shape index (κ3) is 4.64. The van der Waals surface area contributed by atoms with E-state index in [4.69, 9.17) is 21.1 Å². The molecule has 1 aliphatic heterocycles. The van der Waals surface area contributed by atoms with Crippen molar-refractivity contribution < 1.29 is 19.1 Å². The molecule has 6 nitrogen and oxygen atoms in total. The summed E-state index contributed by atoms with van der Waals surface area (Å²) in [6.07, 6.45) is 3.39. The molecule has 1 heterocycles. The number of anilines is 1. The Balaban J connectivity index is 1.60. The molecule has 146 valence electrons. The fourth-order valence-corrected chi connectivity index (χ4v) is 3.18. The average molecular weight is 401 g/mol. The monoisotopic (exact) mass is 400 g/mol. The third-order valence-electron chi connectivity index (χ3n) is 4.44. The highest BCUT2D eigenvalue weighted by molar-refractivity contribution is 6.30. The highest BCUT2D eigenvalue weighted by Crippen LogP contribution is 2.28. The van der Waals surface area contributed by atoms with Crippen molar-refractivity contribution in [1.82, 2.24) is 5.32 Å². The van der Waals surface area contributed by atoms with Gasteiger partial charge in [-0.2, -0.15) is 0 Å². The lowest BCUT2D eigenvalue weighted by atomic mass is 10.2. The second-order valence-electron chi connectivity index (χ2n) is 6.34. The van der Waals surface area contributed by atoms with Gasteiger partial charge in [-0.25, -0.2) is 0 Å². The number of halogens is 1. The molecule has 0 saturated carbocycles. The molecule has 7 heteroatoms. The zero-order valence-corrected chi connectivity index (χ0v) is 16.4. The van der Waals surface area contributed by atoms with Gasteiger partial charge in [-0.05, 0) is 48.0 Å². The summed E-state index contributed by atoms with van der Waals surface area (Å²) >= 11 is 5.89. The van der Waals surface area contributed by atoms with E-state index in [1.165, 1.54) is 6.08 Å². The van der Waals surface area contributed by atoms with E-state index in [1.54, 1.807) is 61.6 Å². The summed E-state index contributed by atoms with van der Waals surface area (Å²) in [6.45, 7) is 0.427.